The number of aromatic nitrogens is 5. The number of hydrogen-bond donors (Lipinski definition) is 2. The minimum absolute atomic E-state index is 0.170. The van der Waals surface area contributed by atoms with E-state index in [9.17, 15) is 9.18 Å². The van der Waals surface area contributed by atoms with Gasteiger partial charge in [-0.05, 0) is 32.4 Å². The number of carbonyl (C=O) groups is 1. The Morgan fingerprint density at radius 3 is 2.75 bits per heavy atom. The van der Waals surface area contributed by atoms with Crippen molar-refractivity contribution in [1.82, 2.24) is 24.7 Å². The second kappa shape index (κ2) is 8.42. The predicted octanol–water partition coefficient (Wildman–Crippen LogP) is 3.08. The van der Waals surface area contributed by atoms with Crippen LogP contribution in [0.15, 0.2) is 41.7 Å². The standard InChI is InChI=1S/C18H22FN7OS/c1-4-11(2)26-15(9-10-21-26)22-17(27)12(3)28-18-24-23-16(25(18)20)13-7-5-6-8-14(13)19/h5-12H,4,20H2,1-3H3,(H,22,27)/t11-,12-/m0/s1. The number of hydrogen-bond acceptors (Lipinski definition) is 6. The number of thioether (sulfide) groups is 1. The fourth-order valence-electron chi connectivity index (χ4n) is 2.56. The molecule has 2 atom stereocenters. The number of carbonyl (C=O) groups excluding carboxylic acids is 1. The van der Waals surface area contributed by atoms with E-state index in [0.717, 1.165) is 18.2 Å². The van der Waals surface area contributed by atoms with Gasteiger partial charge in [0, 0.05) is 6.07 Å². The summed E-state index contributed by atoms with van der Waals surface area (Å²) in [5.41, 5.74) is 0.249. The van der Waals surface area contributed by atoms with Crippen LogP contribution in [-0.2, 0) is 4.79 Å². The molecule has 2 heterocycles. The summed E-state index contributed by atoms with van der Waals surface area (Å²) >= 11 is 1.14. The van der Waals surface area contributed by atoms with Crippen LogP contribution in [0.4, 0.5) is 10.2 Å². The van der Waals surface area contributed by atoms with Crippen LogP contribution in [-0.4, -0.2) is 35.8 Å². The lowest BCUT2D eigenvalue weighted by Crippen LogP contribution is -2.25. The highest BCUT2D eigenvalue weighted by molar-refractivity contribution is 8.00. The van der Waals surface area contributed by atoms with Gasteiger partial charge < -0.3 is 11.2 Å². The molecular formula is C18H22FN7OS. The van der Waals surface area contributed by atoms with E-state index in [4.69, 9.17) is 5.84 Å². The predicted molar refractivity (Wildman–Crippen MR) is 107 cm³/mol. The van der Waals surface area contributed by atoms with Crippen molar-refractivity contribution in [1.29, 1.82) is 0 Å². The summed E-state index contributed by atoms with van der Waals surface area (Å²) in [6, 6.07) is 8.10. The molecule has 3 rings (SSSR count). The van der Waals surface area contributed by atoms with E-state index in [1.165, 1.54) is 10.7 Å². The highest BCUT2D eigenvalue weighted by Crippen LogP contribution is 2.27. The van der Waals surface area contributed by atoms with Gasteiger partial charge in [0.25, 0.3) is 0 Å². The molecule has 2 aromatic heterocycles. The average Bonchev–Trinajstić information content (AvgIpc) is 3.29. The van der Waals surface area contributed by atoms with Crippen molar-refractivity contribution in [2.75, 3.05) is 11.2 Å². The topological polar surface area (TPSA) is 104 Å². The molecule has 0 bridgehead atoms. The molecule has 1 amide bonds. The summed E-state index contributed by atoms with van der Waals surface area (Å²) in [7, 11) is 0. The third-order valence-corrected chi connectivity index (χ3v) is 5.42. The fourth-order valence-corrected chi connectivity index (χ4v) is 3.33. The van der Waals surface area contributed by atoms with E-state index in [1.54, 1.807) is 42.1 Å². The Labute approximate surface area is 166 Å². The second-order valence-electron chi connectivity index (χ2n) is 6.32. The molecule has 1 aromatic carbocycles. The first-order valence-corrected chi connectivity index (χ1v) is 9.76. The van der Waals surface area contributed by atoms with E-state index in [1.807, 2.05) is 6.92 Å². The van der Waals surface area contributed by atoms with Crippen LogP contribution in [0.3, 0.4) is 0 Å². The van der Waals surface area contributed by atoms with Gasteiger partial charge in [-0.25, -0.2) is 13.7 Å². The Morgan fingerprint density at radius 1 is 1.29 bits per heavy atom. The van der Waals surface area contributed by atoms with Crippen molar-refractivity contribution in [2.45, 2.75) is 43.6 Å². The first-order valence-electron chi connectivity index (χ1n) is 8.88. The zero-order valence-corrected chi connectivity index (χ0v) is 16.7. The number of nitrogen functional groups attached to an aromatic ring is 1. The summed E-state index contributed by atoms with van der Waals surface area (Å²) in [4.78, 5) is 12.6. The van der Waals surface area contributed by atoms with Crippen LogP contribution in [0.25, 0.3) is 11.4 Å². The monoisotopic (exact) mass is 403 g/mol. The Hall–Kier alpha value is -2.88. The van der Waals surface area contributed by atoms with Gasteiger partial charge in [0.15, 0.2) is 5.82 Å². The zero-order valence-electron chi connectivity index (χ0n) is 15.8. The maximum atomic E-state index is 14.0. The largest absolute Gasteiger partial charge is 0.335 e. The molecular weight excluding hydrogens is 381 g/mol. The lowest BCUT2D eigenvalue weighted by Gasteiger charge is -2.16. The molecule has 148 valence electrons. The number of nitrogens with zero attached hydrogens (tertiary/aromatic N) is 5. The van der Waals surface area contributed by atoms with Crippen molar-refractivity contribution >= 4 is 23.5 Å². The third kappa shape index (κ3) is 4.01. The Kier molecular flexibility index (Phi) is 5.98. The maximum Gasteiger partial charge on any atom is 0.238 e. The van der Waals surface area contributed by atoms with Crippen LogP contribution < -0.4 is 11.2 Å². The number of halogens is 1. The van der Waals surface area contributed by atoms with Crippen molar-refractivity contribution in [2.24, 2.45) is 0 Å². The van der Waals surface area contributed by atoms with E-state index >= 15 is 0 Å². The van der Waals surface area contributed by atoms with Gasteiger partial charge in [-0.1, -0.05) is 30.8 Å². The van der Waals surface area contributed by atoms with Crippen LogP contribution in [0.2, 0.25) is 0 Å². The molecule has 3 aromatic rings. The molecule has 0 aliphatic rings. The highest BCUT2D eigenvalue weighted by Gasteiger charge is 2.22. The zero-order chi connectivity index (χ0) is 20.3. The summed E-state index contributed by atoms with van der Waals surface area (Å²) in [6.07, 6.45) is 2.54. The van der Waals surface area contributed by atoms with E-state index in [2.05, 4.69) is 27.5 Å². The normalized spacial score (nSPS) is 13.3. The molecule has 0 spiro atoms. The Bertz CT molecular complexity index is 971. The van der Waals surface area contributed by atoms with Crippen molar-refractivity contribution in [3.63, 3.8) is 0 Å². The Balaban J connectivity index is 1.72. The SMILES string of the molecule is CC[C@H](C)n1nccc1NC(=O)[C@H](C)Sc1nnc(-c2ccccc2F)n1N. The van der Waals surface area contributed by atoms with Gasteiger partial charge in [0.1, 0.15) is 11.6 Å². The molecule has 0 aliphatic carbocycles. The number of amides is 1. The van der Waals surface area contributed by atoms with Crippen molar-refractivity contribution in [3.8, 4) is 11.4 Å². The first kappa shape index (κ1) is 19.9. The number of nitrogens with one attached hydrogen (secondary N) is 1. The van der Waals surface area contributed by atoms with Crippen molar-refractivity contribution in [3.05, 3.63) is 42.3 Å². The molecule has 10 heteroatoms. The minimum atomic E-state index is -0.500. The third-order valence-electron chi connectivity index (χ3n) is 4.36. The molecule has 0 aliphatic heterocycles. The van der Waals surface area contributed by atoms with Gasteiger partial charge in [-0.15, -0.1) is 10.2 Å². The van der Waals surface area contributed by atoms with Crippen LogP contribution >= 0.6 is 11.8 Å². The quantitative estimate of drug-likeness (QED) is 0.464. The van der Waals surface area contributed by atoms with Gasteiger partial charge in [0.2, 0.25) is 11.1 Å². The van der Waals surface area contributed by atoms with E-state index < -0.39 is 11.1 Å². The molecule has 0 saturated carbocycles. The van der Waals surface area contributed by atoms with Crippen LogP contribution in [0.1, 0.15) is 33.2 Å². The van der Waals surface area contributed by atoms with Crippen LogP contribution in [0, 0.1) is 5.82 Å². The maximum absolute atomic E-state index is 14.0. The summed E-state index contributed by atoms with van der Waals surface area (Å²) in [5.74, 6) is 6.20. The highest BCUT2D eigenvalue weighted by atomic mass is 32.2. The number of benzene rings is 1. The fraction of sp³-hybridized carbons (Fsp3) is 0.333. The lowest BCUT2D eigenvalue weighted by atomic mass is 10.2. The Morgan fingerprint density at radius 2 is 2.04 bits per heavy atom. The van der Waals surface area contributed by atoms with E-state index in [0.29, 0.717) is 11.0 Å². The molecule has 0 saturated heterocycles. The molecule has 0 fully saturated rings. The minimum Gasteiger partial charge on any atom is -0.335 e. The molecule has 8 nitrogen and oxygen atoms in total. The van der Waals surface area contributed by atoms with Gasteiger partial charge >= 0.3 is 0 Å². The lowest BCUT2D eigenvalue weighted by molar-refractivity contribution is -0.115. The number of anilines is 1. The number of nitrogens with two attached hydrogens (primary N) is 1. The second-order valence-corrected chi connectivity index (χ2v) is 7.63. The molecule has 0 unspecified atom stereocenters. The van der Waals surface area contributed by atoms with Crippen molar-refractivity contribution < 1.29 is 9.18 Å². The molecule has 0 radical (unpaired) electrons. The molecule has 3 N–H and O–H groups in total. The number of rotatable bonds is 7. The van der Waals surface area contributed by atoms with Gasteiger partial charge in [-0.3, -0.25) is 4.79 Å². The van der Waals surface area contributed by atoms with Gasteiger partial charge in [-0.2, -0.15) is 5.10 Å². The summed E-state index contributed by atoms with van der Waals surface area (Å²) < 4.78 is 16.9. The van der Waals surface area contributed by atoms with E-state index in [-0.39, 0.29) is 23.3 Å². The van der Waals surface area contributed by atoms with Crippen LogP contribution in [0.5, 0.6) is 0 Å². The molecule has 28 heavy (non-hydrogen) atoms. The first-order chi connectivity index (χ1) is 13.4. The summed E-state index contributed by atoms with van der Waals surface area (Å²) in [6.45, 7) is 5.82. The average molecular weight is 403 g/mol. The van der Waals surface area contributed by atoms with Gasteiger partial charge in [0.05, 0.1) is 23.1 Å². The summed E-state index contributed by atoms with van der Waals surface area (Å²) in [5, 5.41) is 14.9. The smallest absolute Gasteiger partial charge is 0.238 e.